The Balaban J connectivity index is 2.88. The van der Waals surface area contributed by atoms with Crippen molar-refractivity contribution in [2.24, 2.45) is 0 Å². The van der Waals surface area contributed by atoms with Gasteiger partial charge in [0.2, 0.25) is 11.4 Å². The molecule has 0 aliphatic rings. The van der Waals surface area contributed by atoms with Gasteiger partial charge in [-0.1, -0.05) is 36.4 Å². The maximum Gasteiger partial charge on any atom is 0.213 e. The van der Waals surface area contributed by atoms with E-state index in [9.17, 15) is 8.42 Å². The van der Waals surface area contributed by atoms with Crippen molar-refractivity contribution in [3.63, 3.8) is 0 Å². The van der Waals surface area contributed by atoms with Crippen molar-refractivity contribution in [2.45, 2.75) is 9.79 Å². The van der Waals surface area contributed by atoms with Crippen LogP contribution in [-0.2, 0) is 9.84 Å². The molecule has 7 heteroatoms. The molecule has 0 saturated carbocycles. The topological polar surface area (TPSA) is 51.6 Å². The number of hydrogen-bond donors (Lipinski definition) is 0. The first-order chi connectivity index (χ1) is 11.0. The van der Waals surface area contributed by atoms with E-state index >= 15 is 0 Å². The predicted octanol–water partition coefficient (Wildman–Crippen LogP) is 4.72. The monoisotopic (exact) mass is 318 g/mol. The van der Waals surface area contributed by atoms with Gasteiger partial charge in [0.25, 0.3) is 0 Å². The summed E-state index contributed by atoms with van der Waals surface area (Å²) in [5.74, 6) is 0. The van der Waals surface area contributed by atoms with Gasteiger partial charge in [-0.05, 0) is 0 Å². The summed E-state index contributed by atoms with van der Waals surface area (Å²) >= 11 is 0. The average molecular weight is 318 g/mol. The molecule has 2 aromatic rings. The number of benzene rings is 2. The van der Waals surface area contributed by atoms with E-state index < -0.39 is 9.84 Å². The van der Waals surface area contributed by atoms with Crippen molar-refractivity contribution in [1.29, 1.82) is 0 Å². The Morgan fingerprint density at radius 1 is 0.652 bits per heavy atom. The first-order valence-corrected chi connectivity index (χ1v) is 7.50. The fourth-order valence-corrected chi connectivity index (χ4v) is 3.54. The molecule has 0 fully saturated rings. The Labute approximate surface area is 133 Å². The average Bonchev–Trinajstić information content (AvgIpc) is 2.59. The molecule has 2 aromatic carbocycles. The van der Waals surface area contributed by atoms with Crippen molar-refractivity contribution in [2.75, 3.05) is 0 Å². The lowest BCUT2D eigenvalue weighted by Gasteiger charge is -2.10. The Morgan fingerprint density at radius 2 is 1.04 bits per heavy atom. The highest BCUT2D eigenvalue weighted by atomic mass is 32.2. The number of nitrogens with zero attached hydrogens (tertiary/aromatic N) is 4. The van der Waals surface area contributed by atoms with Gasteiger partial charge >= 0.3 is 0 Å². The van der Waals surface area contributed by atoms with Crippen molar-refractivity contribution in [1.82, 2.24) is 0 Å². The second-order valence-electron chi connectivity index (χ2n) is 4.20. The molecule has 0 spiro atoms. The largest absolute Gasteiger partial charge is 0.250 e. The maximum atomic E-state index is 12.8. The summed E-state index contributed by atoms with van der Waals surface area (Å²) in [6.07, 6.45) is 0. The van der Waals surface area contributed by atoms with Gasteiger partial charge in [0.15, 0.2) is 21.2 Å². The van der Waals surface area contributed by atoms with Gasteiger partial charge in [-0.15, -0.1) is 0 Å². The molecule has 23 heavy (non-hydrogen) atoms. The van der Waals surface area contributed by atoms with E-state index in [0.717, 1.165) is 0 Å². The van der Waals surface area contributed by atoms with Crippen LogP contribution in [0, 0.1) is 26.3 Å². The van der Waals surface area contributed by atoms with Crippen LogP contribution in [0.1, 0.15) is 0 Å². The van der Waals surface area contributed by atoms with E-state index in [1.807, 2.05) is 0 Å². The van der Waals surface area contributed by atoms with Gasteiger partial charge in [0.1, 0.15) is 0 Å². The molecule has 0 bridgehead atoms. The van der Waals surface area contributed by atoms with Gasteiger partial charge in [-0.2, -0.15) is 0 Å². The van der Waals surface area contributed by atoms with E-state index in [0.29, 0.717) is 0 Å². The third kappa shape index (κ3) is 2.49. The second kappa shape index (κ2) is 6.00. The highest BCUT2D eigenvalue weighted by Crippen LogP contribution is 2.42. The molecule has 2 rings (SSSR count). The maximum absolute atomic E-state index is 12.8. The molecular weight excluding hydrogens is 312 g/mol. The van der Waals surface area contributed by atoms with Crippen LogP contribution in [-0.4, -0.2) is 8.42 Å². The Morgan fingerprint density at radius 3 is 1.35 bits per heavy atom. The minimum Gasteiger partial charge on any atom is -0.250 e. The Kier molecular flexibility index (Phi) is 4.10. The highest BCUT2D eigenvalue weighted by molar-refractivity contribution is 7.91. The van der Waals surface area contributed by atoms with Crippen LogP contribution in [0.4, 0.5) is 22.7 Å². The first-order valence-electron chi connectivity index (χ1n) is 6.02. The zero-order valence-electron chi connectivity index (χ0n) is 11.5. The fourth-order valence-electron chi connectivity index (χ4n) is 1.98. The molecule has 0 heterocycles. The molecule has 0 saturated heterocycles. The van der Waals surface area contributed by atoms with Crippen LogP contribution < -0.4 is 0 Å². The zero-order valence-corrected chi connectivity index (χ0v) is 12.3. The summed E-state index contributed by atoms with van der Waals surface area (Å²) in [4.78, 5) is 11.9. The van der Waals surface area contributed by atoms with Crippen LogP contribution in [0.2, 0.25) is 0 Å². The molecule has 0 atom stereocenters. The molecule has 0 unspecified atom stereocenters. The Hall–Kier alpha value is -3.65. The minimum atomic E-state index is -4.20. The quantitative estimate of drug-likeness (QED) is 0.752. The molecule has 0 radical (unpaired) electrons. The van der Waals surface area contributed by atoms with E-state index in [-0.39, 0.29) is 32.5 Å². The molecule has 0 aliphatic heterocycles. The first kappa shape index (κ1) is 15.7. The summed E-state index contributed by atoms with van der Waals surface area (Å²) in [7, 11) is -4.20. The van der Waals surface area contributed by atoms with Gasteiger partial charge in [-0.25, -0.2) is 18.1 Å². The van der Waals surface area contributed by atoms with Crippen LogP contribution >= 0.6 is 0 Å². The summed E-state index contributed by atoms with van der Waals surface area (Å²) in [6.45, 7) is 28.4. The van der Waals surface area contributed by atoms with E-state index in [1.54, 1.807) is 0 Å². The third-order valence-electron chi connectivity index (χ3n) is 3.00. The van der Waals surface area contributed by atoms with Gasteiger partial charge in [0, 0.05) is 0 Å². The number of hydrogen-bond acceptors (Lipinski definition) is 2. The smallest absolute Gasteiger partial charge is 0.213 e. The van der Waals surface area contributed by atoms with Crippen LogP contribution in [0.3, 0.4) is 0 Å². The highest BCUT2D eigenvalue weighted by Gasteiger charge is 2.27. The van der Waals surface area contributed by atoms with Crippen LogP contribution in [0.5, 0.6) is 0 Å². The van der Waals surface area contributed by atoms with E-state index in [4.69, 9.17) is 26.3 Å². The lowest BCUT2D eigenvalue weighted by atomic mass is 10.3. The second-order valence-corrected chi connectivity index (χ2v) is 6.08. The molecule has 0 aromatic heterocycles. The van der Waals surface area contributed by atoms with E-state index in [2.05, 4.69) is 19.4 Å². The zero-order chi connectivity index (χ0) is 17.0. The van der Waals surface area contributed by atoms with E-state index in [1.165, 1.54) is 36.4 Å². The summed E-state index contributed by atoms with van der Waals surface area (Å²) in [5, 5.41) is 0. The number of para-hydroxylation sites is 2. The number of sulfone groups is 1. The molecule has 0 N–H and O–H groups in total. The van der Waals surface area contributed by atoms with Gasteiger partial charge in [-0.3, -0.25) is 9.69 Å². The summed E-state index contributed by atoms with van der Waals surface area (Å²) in [6, 6.07) is 7.87. The van der Waals surface area contributed by atoms with Crippen LogP contribution in [0.25, 0.3) is 19.4 Å². The number of rotatable bonds is 2. The van der Waals surface area contributed by atoms with Gasteiger partial charge < -0.3 is 0 Å². The summed E-state index contributed by atoms with van der Waals surface area (Å²) in [5.41, 5.74) is -0.725. The normalized spacial score (nSPS) is 9.91. The SMILES string of the molecule is [C-]#[N+]c1cccc(S(=O)(=O)c2cccc([N+]#[C-])c2[N+]#[C-])c1[N+]#[C-]. The third-order valence-corrected chi connectivity index (χ3v) is 4.82. The molecule has 6 nitrogen and oxygen atoms in total. The molecular formula is C16H6N4O2S. The minimum absolute atomic E-state index is 0.0771. The lowest BCUT2D eigenvalue weighted by molar-refractivity contribution is 0.597. The van der Waals surface area contributed by atoms with Crippen LogP contribution in [0.15, 0.2) is 46.2 Å². The van der Waals surface area contributed by atoms with Gasteiger partial charge in [0.05, 0.1) is 36.1 Å². The lowest BCUT2D eigenvalue weighted by Crippen LogP contribution is -2.02. The predicted molar refractivity (Wildman–Crippen MR) is 83.4 cm³/mol. The standard InChI is InChI=1S/C16H6N4O2S/c1-17-11-7-5-9-13(15(11)19-3)23(21,22)14-10-6-8-12(18-2)16(14)20-4/h5-10H. The van der Waals surface area contributed by atoms with Crippen molar-refractivity contribution >= 4 is 32.6 Å². The molecule has 108 valence electrons. The Bertz CT molecular complexity index is 994. The van der Waals surface area contributed by atoms with Crippen molar-refractivity contribution < 1.29 is 8.42 Å². The molecule has 0 aliphatic carbocycles. The van der Waals surface area contributed by atoms with Crippen molar-refractivity contribution in [3.05, 3.63) is 82.1 Å². The molecule has 0 amide bonds. The summed E-state index contributed by atoms with van der Waals surface area (Å²) < 4.78 is 25.7. The fraction of sp³-hybridized carbons (Fsp3) is 0. The van der Waals surface area contributed by atoms with Crippen molar-refractivity contribution in [3.8, 4) is 0 Å².